The smallest absolute Gasteiger partial charge is 0.326 e. The Labute approximate surface area is 120 Å². The van der Waals surface area contributed by atoms with Crippen molar-refractivity contribution in [3.63, 3.8) is 0 Å². The van der Waals surface area contributed by atoms with E-state index < -0.39 is 17.4 Å². The van der Waals surface area contributed by atoms with E-state index in [1.165, 1.54) is 0 Å². The summed E-state index contributed by atoms with van der Waals surface area (Å²) in [5.74, 6) is -0.804. The number of aliphatic hydroxyl groups is 1. The summed E-state index contributed by atoms with van der Waals surface area (Å²) in [7, 11) is 0. The first-order valence-corrected chi connectivity index (χ1v) is 7.09. The Morgan fingerprint density at radius 2 is 1.75 bits per heavy atom. The number of carboxylic acids is 1. The molecule has 6 nitrogen and oxygen atoms in total. The van der Waals surface area contributed by atoms with Gasteiger partial charge in [-0.3, -0.25) is 0 Å². The maximum atomic E-state index is 12.1. The van der Waals surface area contributed by atoms with Gasteiger partial charge in [-0.05, 0) is 31.1 Å². The van der Waals surface area contributed by atoms with Gasteiger partial charge >= 0.3 is 12.0 Å². The maximum absolute atomic E-state index is 12.1. The quantitative estimate of drug-likeness (QED) is 0.729. The van der Waals surface area contributed by atoms with Gasteiger partial charge in [0.05, 0.1) is 6.10 Å². The van der Waals surface area contributed by atoms with Crippen molar-refractivity contribution in [1.82, 2.24) is 10.2 Å². The van der Waals surface area contributed by atoms with Crippen molar-refractivity contribution >= 4 is 12.0 Å². The molecule has 3 N–H and O–H groups in total. The third-order valence-electron chi connectivity index (χ3n) is 3.89. The Balaban J connectivity index is 2.57. The summed E-state index contributed by atoms with van der Waals surface area (Å²) < 4.78 is 0. The molecule has 0 spiro atoms. The topological polar surface area (TPSA) is 89.9 Å². The van der Waals surface area contributed by atoms with E-state index in [-0.39, 0.29) is 18.1 Å². The van der Waals surface area contributed by atoms with E-state index in [0.717, 1.165) is 12.8 Å². The molecule has 0 saturated carbocycles. The summed E-state index contributed by atoms with van der Waals surface area (Å²) in [6.07, 6.45) is 1.14. The van der Waals surface area contributed by atoms with Crippen LogP contribution in [0.1, 0.15) is 40.5 Å². The largest absolute Gasteiger partial charge is 0.480 e. The number of hydrogen-bond acceptors (Lipinski definition) is 3. The van der Waals surface area contributed by atoms with Gasteiger partial charge < -0.3 is 20.4 Å². The van der Waals surface area contributed by atoms with Crippen LogP contribution in [0.2, 0.25) is 0 Å². The zero-order valence-electron chi connectivity index (χ0n) is 12.7. The molecule has 1 aliphatic heterocycles. The summed E-state index contributed by atoms with van der Waals surface area (Å²) in [5, 5.41) is 21.3. The molecule has 20 heavy (non-hydrogen) atoms. The summed E-state index contributed by atoms with van der Waals surface area (Å²) in [6.45, 7) is 8.22. The van der Waals surface area contributed by atoms with Crippen LogP contribution in [0.15, 0.2) is 0 Å². The third kappa shape index (κ3) is 4.37. The van der Waals surface area contributed by atoms with Gasteiger partial charge in [0.1, 0.15) is 6.04 Å². The van der Waals surface area contributed by atoms with E-state index in [1.807, 2.05) is 0 Å². The molecule has 2 amide bonds. The monoisotopic (exact) mass is 286 g/mol. The van der Waals surface area contributed by atoms with E-state index in [1.54, 1.807) is 32.6 Å². The van der Waals surface area contributed by atoms with Crippen LogP contribution in [0.25, 0.3) is 0 Å². The van der Waals surface area contributed by atoms with Crippen molar-refractivity contribution < 1.29 is 19.8 Å². The highest BCUT2D eigenvalue weighted by Crippen LogP contribution is 2.22. The standard InChI is InChI=1S/C14H26N2O4/c1-9(17)10-5-7-16(8-6-10)13(20)15-11(12(18)19)14(2,3)4/h9-11,17H,5-8H2,1-4H3,(H,15,20)(H,18,19)/t9?,11-/m1/s1. The molecule has 0 aromatic heterocycles. The first-order valence-electron chi connectivity index (χ1n) is 7.09. The lowest BCUT2D eigenvalue weighted by Gasteiger charge is -2.35. The second-order valence-electron chi connectivity index (χ2n) is 6.65. The fourth-order valence-electron chi connectivity index (χ4n) is 2.45. The lowest BCUT2D eigenvalue weighted by atomic mass is 9.87. The van der Waals surface area contributed by atoms with Crippen LogP contribution in [0.4, 0.5) is 4.79 Å². The first kappa shape index (κ1) is 16.8. The van der Waals surface area contributed by atoms with Gasteiger partial charge in [0, 0.05) is 13.1 Å². The molecule has 116 valence electrons. The summed E-state index contributed by atoms with van der Waals surface area (Å²) in [6, 6.07) is -1.25. The molecule has 1 unspecified atom stereocenters. The van der Waals surface area contributed by atoms with Crippen molar-refractivity contribution in [3.05, 3.63) is 0 Å². The van der Waals surface area contributed by atoms with Crippen LogP contribution < -0.4 is 5.32 Å². The zero-order valence-corrected chi connectivity index (χ0v) is 12.7. The number of piperidine rings is 1. The van der Waals surface area contributed by atoms with Crippen molar-refractivity contribution in [3.8, 4) is 0 Å². The molecule has 1 heterocycles. The van der Waals surface area contributed by atoms with Crippen molar-refractivity contribution in [2.45, 2.75) is 52.7 Å². The molecule has 0 aromatic carbocycles. The Morgan fingerprint density at radius 3 is 2.10 bits per heavy atom. The Morgan fingerprint density at radius 1 is 1.25 bits per heavy atom. The number of rotatable bonds is 3. The number of urea groups is 1. The fourth-order valence-corrected chi connectivity index (χ4v) is 2.45. The lowest BCUT2D eigenvalue weighted by molar-refractivity contribution is -0.142. The molecule has 1 rings (SSSR count). The van der Waals surface area contributed by atoms with E-state index in [9.17, 15) is 19.8 Å². The van der Waals surface area contributed by atoms with Crippen LogP contribution in [0.3, 0.4) is 0 Å². The predicted octanol–water partition coefficient (Wildman–Crippen LogP) is 1.29. The minimum atomic E-state index is -1.02. The van der Waals surface area contributed by atoms with Crippen LogP contribution in [0, 0.1) is 11.3 Å². The Kier molecular flexibility index (Phi) is 5.39. The van der Waals surface area contributed by atoms with Gasteiger partial charge in [-0.15, -0.1) is 0 Å². The number of nitrogens with zero attached hydrogens (tertiary/aromatic N) is 1. The second-order valence-corrected chi connectivity index (χ2v) is 6.65. The number of nitrogens with one attached hydrogen (secondary N) is 1. The van der Waals surface area contributed by atoms with Gasteiger partial charge in [-0.1, -0.05) is 20.8 Å². The van der Waals surface area contributed by atoms with E-state index in [2.05, 4.69) is 5.32 Å². The normalized spacial score (nSPS) is 20.4. The van der Waals surface area contributed by atoms with Crippen LogP contribution in [-0.2, 0) is 4.79 Å². The molecule has 0 bridgehead atoms. The van der Waals surface area contributed by atoms with Crippen molar-refractivity contribution in [2.75, 3.05) is 13.1 Å². The molecule has 2 atom stereocenters. The van der Waals surface area contributed by atoms with Gasteiger partial charge in [0.15, 0.2) is 0 Å². The number of aliphatic hydroxyl groups excluding tert-OH is 1. The third-order valence-corrected chi connectivity index (χ3v) is 3.89. The number of carboxylic acid groups (broad SMARTS) is 1. The van der Waals surface area contributed by atoms with Crippen LogP contribution in [0.5, 0.6) is 0 Å². The average molecular weight is 286 g/mol. The van der Waals surface area contributed by atoms with Crippen molar-refractivity contribution in [1.29, 1.82) is 0 Å². The number of likely N-dealkylation sites (tertiary alicyclic amines) is 1. The molecule has 0 aliphatic carbocycles. The molecule has 0 radical (unpaired) electrons. The number of aliphatic carboxylic acids is 1. The van der Waals surface area contributed by atoms with Crippen molar-refractivity contribution in [2.24, 2.45) is 11.3 Å². The van der Waals surface area contributed by atoms with Gasteiger partial charge in [0.2, 0.25) is 0 Å². The zero-order chi connectivity index (χ0) is 15.5. The predicted molar refractivity (Wildman–Crippen MR) is 75.4 cm³/mol. The highest BCUT2D eigenvalue weighted by molar-refractivity contribution is 5.83. The lowest BCUT2D eigenvalue weighted by Crippen LogP contribution is -2.54. The minimum Gasteiger partial charge on any atom is -0.480 e. The van der Waals surface area contributed by atoms with Gasteiger partial charge in [-0.2, -0.15) is 0 Å². The second kappa shape index (κ2) is 6.43. The Hall–Kier alpha value is -1.30. The van der Waals surface area contributed by atoms with E-state index in [0.29, 0.717) is 13.1 Å². The fraction of sp³-hybridized carbons (Fsp3) is 0.857. The minimum absolute atomic E-state index is 0.219. The molecule has 1 fully saturated rings. The molecule has 6 heteroatoms. The first-order chi connectivity index (χ1) is 9.12. The summed E-state index contributed by atoms with van der Waals surface area (Å²) >= 11 is 0. The SMILES string of the molecule is CC(O)C1CCN(C(=O)N[C@H](C(=O)O)C(C)(C)C)CC1. The van der Waals surface area contributed by atoms with Crippen LogP contribution in [-0.4, -0.2) is 52.3 Å². The molecular weight excluding hydrogens is 260 g/mol. The molecule has 1 saturated heterocycles. The molecular formula is C14H26N2O4. The van der Waals surface area contributed by atoms with Gasteiger partial charge in [0.25, 0.3) is 0 Å². The maximum Gasteiger partial charge on any atom is 0.326 e. The number of amides is 2. The number of carbonyl (C=O) groups excluding carboxylic acids is 1. The van der Waals surface area contributed by atoms with Crippen LogP contribution >= 0.6 is 0 Å². The van der Waals surface area contributed by atoms with E-state index in [4.69, 9.17) is 0 Å². The highest BCUT2D eigenvalue weighted by atomic mass is 16.4. The highest BCUT2D eigenvalue weighted by Gasteiger charge is 2.34. The summed E-state index contributed by atoms with van der Waals surface area (Å²) in [4.78, 5) is 25.0. The summed E-state index contributed by atoms with van der Waals surface area (Å²) in [5.41, 5.74) is -0.542. The number of hydrogen-bond donors (Lipinski definition) is 3. The average Bonchev–Trinajstić information content (AvgIpc) is 2.33. The van der Waals surface area contributed by atoms with E-state index >= 15 is 0 Å². The van der Waals surface area contributed by atoms with Gasteiger partial charge in [-0.25, -0.2) is 9.59 Å². The number of carbonyl (C=O) groups is 2. The molecule has 1 aliphatic rings. The molecule has 0 aromatic rings. The Bertz CT molecular complexity index is 355.